The first-order valence-electron chi connectivity index (χ1n) is 5.14. The summed E-state index contributed by atoms with van der Waals surface area (Å²) in [5.74, 6) is 0.471. The van der Waals surface area contributed by atoms with E-state index >= 15 is 0 Å². The summed E-state index contributed by atoms with van der Waals surface area (Å²) in [6.45, 7) is 8.33. The van der Waals surface area contributed by atoms with Gasteiger partial charge in [0.05, 0.1) is 0 Å². The summed E-state index contributed by atoms with van der Waals surface area (Å²) in [6, 6.07) is 8.68. The number of fused-ring (bicyclic) bond motifs is 1. The second kappa shape index (κ2) is 3.45. The van der Waals surface area contributed by atoms with E-state index in [0.29, 0.717) is 5.92 Å². The zero-order valence-corrected chi connectivity index (χ0v) is 8.88. The fourth-order valence-electron chi connectivity index (χ4n) is 2.30. The average Bonchev–Trinajstić information content (AvgIpc) is 2.53. The van der Waals surface area contributed by atoms with Crippen molar-refractivity contribution in [2.75, 3.05) is 0 Å². The molecule has 0 aromatic heterocycles. The summed E-state index contributed by atoms with van der Waals surface area (Å²) in [6.07, 6.45) is 3.14. The van der Waals surface area contributed by atoms with Gasteiger partial charge in [-0.3, -0.25) is 0 Å². The van der Waals surface area contributed by atoms with Crippen LogP contribution in [0.2, 0.25) is 0 Å². The number of allylic oxidation sites excluding steroid dienone is 3. The zero-order chi connectivity index (χ0) is 10.1. The third-order valence-electron chi connectivity index (χ3n) is 3.03. The largest absolute Gasteiger partial charge is 0.102 e. The van der Waals surface area contributed by atoms with Gasteiger partial charge >= 0.3 is 0 Å². The molecule has 0 amide bonds. The molecule has 0 aliphatic heterocycles. The Balaban J connectivity index is 2.51. The first-order chi connectivity index (χ1) is 6.74. The highest BCUT2D eigenvalue weighted by atomic mass is 14.2. The Kier molecular flexibility index (Phi) is 2.28. The van der Waals surface area contributed by atoms with E-state index in [-0.39, 0.29) is 0 Å². The Bertz CT molecular complexity index is 396. The standard InChI is InChI=1S/C14H16/c1-4-10(2)14-11(3)9-12-7-5-6-8-13(12)14/h4-8,10H,1,9H2,2-3H3. The van der Waals surface area contributed by atoms with E-state index < -0.39 is 0 Å². The predicted molar refractivity (Wildman–Crippen MR) is 62.1 cm³/mol. The highest BCUT2D eigenvalue weighted by Gasteiger charge is 2.20. The van der Waals surface area contributed by atoms with Crippen LogP contribution in [0.1, 0.15) is 25.0 Å². The van der Waals surface area contributed by atoms with Crippen LogP contribution in [-0.2, 0) is 6.42 Å². The van der Waals surface area contributed by atoms with Gasteiger partial charge in [0, 0.05) is 0 Å². The minimum Gasteiger partial charge on any atom is -0.102 e. The summed E-state index contributed by atoms with van der Waals surface area (Å²) in [5, 5.41) is 0. The number of rotatable bonds is 2. The van der Waals surface area contributed by atoms with Crippen LogP contribution in [0, 0.1) is 5.92 Å². The molecule has 0 heterocycles. The van der Waals surface area contributed by atoms with Crippen LogP contribution in [0.15, 0.2) is 42.5 Å². The van der Waals surface area contributed by atoms with Gasteiger partial charge in [0.1, 0.15) is 0 Å². The molecule has 0 heteroatoms. The van der Waals surface area contributed by atoms with E-state index in [1.165, 1.54) is 22.3 Å². The molecule has 1 atom stereocenters. The van der Waals surface area contributed by atoms with Crippen molar-refractivity contribution in [3.63, 3.8) is 0 Å². The van der Waals surface area contributed by atoms with Crippen LogP contribution in [0.25, 0.3) is 5.57 Å². The van der Waals surface area contributed by atoms with Crippen LogP contribution in [0.3, 0.4) is 0 Å². The second-order valence-electron chi connectivity index (χ2n) is 4.05. The normalized spacial score (nSPS) is 16.7. The van der Waals surface area contributed by atoms with E-state index in [1.54, 1.807) is 0 Å². The Labute approximate surface area is 86.0 Å². The topological polar surface area (TPSA) is 0 Å². The van der Waals surface area contributed by atoms with Crippen molar-refractivity contribution in [2.45, 2.75) is 20.3 Å². The lowest BCUT2D eigenvalue weighted by Crippen LogP contribution is -1.94. The first kappa shape index (κ1) is 9.26. The van der Waals surface area contributed by atoms with Crippen molar-refractivity contribution >= 4 is 5.57 Å². The predicted octanol–water partition coefficient (Wildman–Crippen LogP) is 3.84. The number of hydrogen-bond donors (Lipinski definition) is 0. The molecule has 72 valence electrons. The molecule has 0 bridgehead atoms. The zero-order valence-electron chi connectivity index (χ0n) is 8.88. The quantitative estimate of drug-likeness (QED) is 0.613. The lowest BCUT2D eigenvalue weighted by atomic mass is 9.94. The third kappa shape index (κ3) is 1.31. The van der Waals surface area contributed by atoms with Gasteiger partial charge in [-0.15, -0.1) is 6.58 Å². The smallest absolute Gasteiger partial charge is 0.000752 e. The molecule has 1 unspecified atom stereocenters. The summed E-state index contributed by atoms with van der Waals surface area (Å²) in [4.78, 5) is 0. The lowest BCUT2D eigenvalue weighted by molar-refractivity contribution is 0.961. The molecule has 1 aromatic rings. The molecule has 1 aromatic carbocycles. The van der Waals surface area contributed by atoms with E-state index in [4.69, 9.17) is 0 Å². The van der Waals surface area contributed by atoms with Gasteiger partial charge in [0.15, 0.2) is 0 Å². The average molecular weight is 184 g/mol. The maximum Gasteiger partial charge on any atom is -0.000752 e. The summed E-state index contributed by atoms with van der Waals surface area (Å²) in [5.41, 5.74) is 5.88. The van der Waals surface area contributed by atoms with Gasteiger partial charge in [0.2, 0.25) is 0 Å². The van der Waals surface area contributed by atoms with E-state index in [9.17, 15) is 0 Å². The third-order valence-corrected chi connectivity index (χ3v) is 3.03. The molecule has 1 aliphatic carbocycles. The Morgan fingerprint density at radius 1 is 1.36 bits per heavy atom. The van der Waals surface area contributed by atoms with Gasteiger partial charge in [0.25, 0.3) is 0 Å². The molecule has 2 rings (SSSR count). The molecule has 0 saturated carbocycles. The van der Waals surface area contributed by atoms with E-state index in [1.807, 2.05) is 6.08 Å². The molecule has 0 saturated heterocycles. The minimum atomic E-state index is 0.471. The summed E-state index contributed by atoms with van der Waals surface area (Å²) < 4.78 is 0. The van der Waals surface area contributed by atoms with Gasteiger partial charge in [-0.05, 0) is 36.0 Å². The molecule has 0 N–H and O–H groups in total. The van der Waals surface area contributed by atoms with E-state index in [0.717, 1.165) is 6.42 Å². The summed E-state index contributed by atoms with van der Waals surface area (Å²) in [7, 11) is 0. The maximum atomic E-state index is 3.88. The molecule has 0 radical (unpaired) electrons. The fourth-order valence-corrected chi connectivity index (χ4v) is 2.30. The Morgan fingerprint density at radius 3 is 2.79 bits per heavy atom. The van der Waals surface area contributed by atoms with Crippen molar-refractivity contribution < 1.29 is 0 Å². The van der Waals surface area contributed by atoms with Gasteiger partial charge < -0.3 is 0 Å². The fraction of sp³-hybridized carbons (Fsp3) is 0.286. The monoisotopic (exact) mass is 184 g/mol. The molecule has 0 nitrogen and oxygen atoms in total. The minimum absolute atomic E-state index is 0.471. The van der Waals surface area contributed by atoms with E-state index in [2.05, 4.69) is 44.7 Å². The highest BCUT2D eigenvalue weighted by Crippen LogP contribution is 2.37. The Hall–Kier alpha value is -1.30. The second-order valence-corrected chi connectivity index (χ2v) is 4.05. The molecule has 0 spiro atoms. The highest BCUT2D eigenvalue weighted by molar-refractivity contribution is 5.78. The van der Waals surface area contributed by atoms with Crippen LogP contribution < -0.4 is 0 Å². The lowest BCUT2D eigenvalue weighted by Gasteiger charge is -2.11. The van der Waals surface area contributed by atoms with Gasteiger partial charge in [-0.25, -0.2) is 0 Å². The van der Waals surface area contributed by atoms with Crippen molar-refractivity contribution in [2.24, 2.45) is 5.92 Å². The van der Waals surface area contributed by atoms with Crippen LogP contribution in [-0.4, -0.2) is 0 Å². The Morgan fingerprint density at radius 2 is 2.07 bits per heavy atom. The first-order valence-corrected chi connectivity index (χ1v) is 5.14. The van der Waals surface area contributed by atoms with Crippen molar-refractivity contribution in [1.82, 2.24) is 0 Å². The van der Waals surface area contributed by atoms with Crippen LogP contribution in [0.5, 0.6) is 0 Å². The van der Waals surface area contributed by atoms with Gasteiger partial charge in [-0.2, -0.15) is 0 Å². The van der Waals surface area contributed by atoms with Crippen LogP contribution in [0.4, 0.5) is 0 Å². The van der Waals surface area contributed by atoms with Crippen molar-refractivity contribution in [3.05, 3.63) is 53.6 Å². The molecule has 14 heavy (non-hydrogen) atoms. The SMILES string of the molecule is C=CC(C)C1=C(C)Cc2ccccc21. The molecular weight excluding hydrogens is 168 g/mol. The van der Waals surface area contributed by atoms with Crippen molar-refractivity contribution in [1.29, 1.82) is 0 Å². The maximum absolute atomic E-state index is 3.88. The molecule has 1 aliphatic rings. The number of benzene rings is 1. The number of hydrogen-bond acceptors (Lipinski definition) is 0. The molecular formula is C14H16. The summed E-state index contributed by atoms with van der Waals surface area (Å²) >= 11 is 0. The van der Waals surface area contributed by atoms with Crippen molar-refractivity contribution in [3.8, 4) is 0 Å². The van der Waals surface area contributed by atoms with Gasteiger partial charge in [-0.1, -0.05) is 42.8 Å². The molecule has 0 fully saturated rings. The van der Waals surface area contributed by atoms with Crippen LogP contribution >= 0.6 is 0 Å².